The minimum Gasteiger partial charge on any atom is -0.0714 e. The average Bonchev–Trinajstić information content (AvgIpc) is 2.52. The van der Waals surface area contributed by atoms with Crippen molar-refractivity contribution in [2.45, 2.75) is 39.0 Å². The molecule has 0 unspecified atom stereocenters. The summed E-state index contributed by atoms with van der Waals surface area (Å²) >= 11 is 4.84. The number of allylic oxidation sites excluding steroid dienone is 4. The Morgan fingerprint density at radius 2 is 2.11 bits per heavy atom. The molecule has 1 aromatic carbocycles. The summed E-state index contributed by atoms with van der Waals surface area (Å²) in [6.07, 6.45) is 6.87. The van der Waals surface area contributed by atoms with Gasteiger partial charge in [-0.25, -0.2) is 0 Å². The van der Waals surface area contributed by atoms with Crippen LogP contribution < -0.4 is 0 Å². The molecule has 0 heterocycles. The van der Waals surface area contributed by atoms with E-state index in [-0.39, 0.29) is 5.41 Å². The summed E-state index contributed by atoms with van der Waals surface area (Å²) in [5, 5.41) is 0. The maximum absolute atomic E-state index is 2.44. The van der Waals surface area contributed by atoms with E-state index in [9.17, 15) is 0 Å². The highest BCUT2D eigenvalue weighted by Crippen LogP contribution is 2.43. The Labute approximate surface area is 137 Å². The van der Waals surface area contributed by atoms with Crippen LogP contribution in [0.4, 0.5) is 0 Å². The Morgan fingerprint density at radius 3 is 2.78 bits per heavy atom. The van der Waals surface area contributed by atoms with Gasteiger partial charge < -0.3 is 0 Å². The Bertz CT molecular complexity index is 522. The fraction of sp³-hybridized carbons (Fsp3) is 0.375. The van der Waals surface area contributed by atoms with Crippen LogP contribution in [0.15, 0.2) is 39.5 Å². The summed E-state index contributed by atoms with van der Waals surface area (Å²) < 4.78 is 2.69. The van der Waals surface area contributed by atoms with E-state index in [0.717, 1.165) is 12.8 Å². The molecule has 96 valence electrons. The summed E-state index contributed by atoms with van der Waals surface area (Å²) in [5.41, 5.74) is 4.71. The first-order chi connectivity index (χ1) is 8.45. The summed E-state index contributed by atoms with van der Waals surface area (Å²) in [7, 11) is 0. The van der Waals surface area contributed by atoms with Crippen LogP contribution in [0.3, 0.4) is 0 Å². The van der Waals surface area contributed by atoms with Gasteiger partial charge in [-0.2, -0.15) is 0 Å². The number of benzene rings is 1. The van der Waals surface area contributed by atoms with E-state index in [0.29, 0.717) is 0 Å². The first kappa shape index (κ1) is 14.6. The van der Waals surface area contributed by atoms with E-state index in [1.54, 1.807) is 0 Å². The van der Waals surface area contributed by atoms with Gasteiger partial charge in [0.15, 0.2) is 0 Å². The fourth-order valence-corrected chi connectivity index (χ4v) is 3.84. The quantitative estimate of drug-likeness (QED) is 0.487. The van der Waals surface area contributed by atoms with Crippen molar-refractivity contribution in [2.24, 2.45) is 0 Å². The predicted octanol–water partition coefficient (Wildman–Crippen LogP) is 5.78. The standard InChI is InChI=1S/C16H18I2/c1-4-5-13(17)9-12-8-11-6-7-14(18)10-15(11)16(12,2)3/h5-7,9-10H,4,8H2,1-3H3/b12-9+,13-5+. The van der Waals surface area contributed by atoms with Crippen LogP contribution in [0.5, 0.6) is 0 Å². The summed E-state index contributed by atoms with van der Waals surface area (Å²) in [6.45, 7) is 6.88. The molecule has 0 fully saturated rings. The monoisotopic (exact) mass is 464 g/mol. The number of fused-ring (bicyclic) bond motifs is 1. The van der Waals surface area contributed by atoms with Crippen molar-refractivity contribution in [1.29, 1.82) is 0 Å². The normalized spacial score (nSPS) is 20.3. The van der Waals surface area contributed by atoms with E-state index in [2.05, 4.69) is 96.3 Å². The zero-order valence-electron chi connectivity index (χ0n) is 11.1. The van der Waals surface area contributed by atoms with Gasteiger partial charge in [0.2, 0.25) is 0 Å². The molecule has 2 rings (SSSR count). The van der Waals surface area contributed by atoms with Crippen molar-refractivity contribution in [1.82, 2.24) is 0 Å². The zero-order valence-corrected chi connectivity index (χ0v) is 15.4. The third-order valence-electron chi connectivity index (χ3n) is 3.64. The molecular weight excluding hydrogens is 446 g/mol. The van der Waals surface area contributed by atoms with Crippen molar-refractivity contribution in [3.63, 3.8) is 0 Å². The maximum Gasteiger partial charge on any atom is 0.0133 e. The van der Waals surface area contributed by atoms with Gasteiger partial charge in [0, 0.05) is 12.6 Å². The highest BCUT2D eigenvalue weighted by atomic mass is 127. The minimum absolute atomic E-state index is 0.175. The molecule has 0 spiro atoms. The molecule has 0 saturated carbocycles. The first-order valence-corrected chi connectivity index (χ1v) is 8.46. The molecule has 0 saturated heterocycles. The van der Waals surface area contributed by atoms with Crippen molar-refractivity contribution in [3.05, 3.63) is 54.2 Å². The zero-order chi connectivity index (χ0) is 13.3. The third-order valence-corrected chi connectivity index (χ3v) is 5.06. The van der Waals surface area contributed by atoms with E-state index >= 15 is 0 Å². The lowest BCUT2D eigenvalue weighted by molar-refractivity contribution is 0.643. The van der Waals surface area contributed by atoms with Crippen LogP contribution in [0.2, 0.25) is 0 Å². The van der Waals surface area contributed by atoms with Crippen molar-refractivity contribution in [3.8, 4) is 0 Å². The molecule has 2 heteroatoms. The number of hydrogen-bond acceptors (Lipinski definition) is 0. The third kappa shape index (κ3) is 2.84. The molecule has 1 aromatic rings. The van der Waals surface area contributed by atoms with Crippen LogP contribution in [0.25, 0.3) is 0 Å². The highest BCUT2D eigenvalue weighted by molar-refractivity contribution is 14.1. The van der Waals surface area contributed by atoms with Gasteiger partial charge in [0.25, 0.3) is 0 Å². The van der Waals surface area contributed by atoms with Crippen LogP contribution in [0.1, 0.15) is 38.3 Å². The lowest BCUT2D eigenvalue weighted by Gasteiger charge is -2.22. The van der Waals surface area contributed by atoms with Gasteiger partial charge in [-0.15, -0.1) is 0 Å². The van der Waals surface area contributed by atoms with Crippen molar-refractivity contribution < 1.29 is 0 Å². The van der Waals surface area contributed by atoms with Crippen molar-refractivity contribution >= 4 is 45.2 Å². The van der Waals surface area contributed by atoms with Crippen molar-refractivity contribution in [2.75, 3.05) is 0 Å². The molecule has 0 bridgehead atoms. The summed E-state index contributed by atoms with van der Waals surface area (Å²) in [4.78, 5) is 0. The van der Waals surface area contributed by atoms with Gasteiger partial charge >= 0.3 is 0 Å². The summed E-state index contributed by atoms with van der Waals surface area (Å²) in [5.74, 6) is 0. The van der Waals surface area contributed by atoms with E-state index in [4.69, 9.17) is 0 Å². The lowest BCUT2D eigenvalue weighted by Crippen LogP contribution is -2.15. The van der Waals surface area contributed by atoms with Gasteiger partial charge in [-0.3, -0.25) is 0 Å². The van der Waals surface area contributed by atoms with E-state index < -0.39 is 0 Å². The van der Waals surface area contributed by atoms with Crippen LogP contribution in [0, 0.1) is 3.57 Å². The molecule has 0 amide bonds. The molecule has 0 aromatic heterocycles. The molecular formula is C16H18I2. The van der Waals surface area contributed by atoms with Gasteiger partial charge in [-0.1, -0.05) is 38.5 Å². The Balaban J connectivity index is 2.44. The SMILES string of the molecule is CC/C=C(I)\C=C1/Cc2ccc(I)cc2C1(C)C. The van der Waals surface area contributed by atoms with Gasteiger partial charge in [0.1, 0.15) is 0 Å². The van der Waals surface area contributed by atoms with E-state index in [1.807, 2.05) is 0 Å². The van der Waals surface area contributed by atoms with Crippen LogP contribution >= 0.6 is 45.2 Å². The molecule has 0 N–H and O–H groups in total. The molecule has 1 aliphatic rings. The smallest absolute Gasteiger partial charge is 0.0133 e. The van der Waals surface area contributed by atoms with Gasteiger partial charge in [-0.05, 0) is 87.4 Å². The molecule has 0 atom stereocenters. The average molecular weight is 464 g/mol. The largest absolute Gasteiger partial charge is 0.0714 e. The Kier molecular flexibility index (Phi) is 4.57. The lowest BCUT2D eigenvalue weighted by atomic mass is 9.82. The fourth-order valence-electron chi connectivity index (χ4n) is 2.54. The second-order valence-corrected chi connectivity index (χ2v) is 7.76. The second-order valence-electron chi connectivity index (χ2n) is 5.27. The number of hydrogen-bond donors (Lipinski definition) is 0. The van der Waals surface area contributed by atoms with Gasteiger partial charge in [0.05, 0.1) is 0 Å². The molecule has 0 nitrogen and oxygen atoms in total. The molecule has 0 radical (unpaired) electrons. The molecule has 18 heavy (non-hydrogen) atoms. The second kappa shape index (κ2) is 5.65. The Morgan fingerprint density at radius 1 is 1.39 bits per heavy atom. The van der Waals surface area contributed by atoms with Crippen LogP contribution in [-0.4, -0.2) is 0 Å². The maximum atomic E-state index is 2.44. The topological polar surface area (TPSA) is 0 Å². The predicted molar refractivity (Wildman–Crippen MR) is 96.4 cm³/mol. The Hall–Kier alpha value is 0.160. The number of rotatable bonds is 2. The number of halogens is 2. The van der Waals surface area contributed by atoms with E-state index in [1.165, 1.54) is 23.9 Å². The molecule has 1 aliphatic carbocycles. The first-order valence-electron chi connectivity index (χ1n) is 6.30. The van der Waals surface area contributed by atoms with Crippen LogP contribution in [-0.2, 0) is 11.8 Å². The minimum atomic E-state index is 0.175. The molecule has 0 aliphatic heterocycles. The summed E-state index contributed by atoms with van der Waals surface area (Å²) in [6, 6.07) is 6.84. The highest BCUT2D eigenvalue weighted by Gasteiger charge is 2.34.